The second-order valence-electron chi connectivity index (χ2n) is 5.15. The molecule has 1 fully saturated rings. The van der Waals surface area contributed by atoms with E-state index < -0.39 is 0 Å². The maximum atomic E-state index is 8.78. The number of rotatable bonds is 2. The van der Waals surface area contributed by atoms with Gasteiger partial charge in [-0.05, 0) is 37.2 Å². The van der Waals surface area contributed by atoms with Crippen molar-refractivity contribution >= 4 is 0 Å². The molecule has 3 nitrogen and oxygen atoms in total. The molecule has 0 spiro atoms. The maximum absolute atomic E-state index is 8.78. The molecule has 1 aliphatic rings. The molecule has 2 atom stereocenters. The molecule has 0 bridgehead atoms. The zero-order valence-electron chi connectivity index (χ0n) is 10.4. The third-order valence-corrected chi connectivity index (χ3v) is 3.28. The van der Waals surface area contributed by atoms with Gasteiger partial charge in [0.05, 0.1) is 6.10 Å². The molecule has 0 aromatic carbocycles. The van der Waals surface area contributed by atoms with E-state index in [1.165, 1.54) is 6.42 Å². The van der Waals surface area contributed by atoms with Crippen LogP contribution in [0.1, 0.15) is 38.8 Å². The number of nitriles is 1. The van der Waals surface area contributed by atoms with Crippen LogP contribution < -0.4 is 4.74 Å². The molecule has 1 saturated carbocycles. The van der Waals surface area contributed by atoms with Crippen molar-refractivity contribution in [2.24, 2.45) is 11.8 Å². The van der Waals surface area contributed by atoms with E-state index in [0.29, 0.717) is 5.69 Å². The standard InChI is InChI=1S/C14H18N2O/c1-10-5-11(2)7-14(6-10)17-13-3-4-16-12(8-13)9-15/h3-4,8,10-11,14H,5-7H2,1-2H3. The van der Waals surface area contributed by atoms with Gasteiger partial charge >= 0.3 is 0 Å². The summed E-state index contributed by atoms with van der Waals surface area (Å²) >= 11 is 0. The van der Waals surface area contributed by atoms with Gasteiger partial charge in [-0.1, -0.05) is 13.8 Å². The molecule has 0 amide bonds. The van der Waals surface area contributed by atoms with Crippen LogP contribution in [0.3, 0.4) is 0 Å². The Morgan fingerprint density at radius 1 is 1.29 bits per heavy atom. The summed E-state index contributed by atoms with van der Waals surface area (Å²) in [6.07, 6.45) is 5.41. The molecule has 3 heteroatoms. The van der Waals surface area contributed by atoms with Gasteiger partial charge in [-0.15, -0.1) is 0 Å². The van der Waals surface area contributed by atoms with Gasteiger partial charge in [0.15, 0.2) is 0 Å². The lowest BCUT2D eigenvalue weighted by atomic mass is 9.82. The van der Waals surface area contributed by atoms with Gasteiger partial charge in [-0.25, -0.2) is 4.98 Å². The molecule has 0 saturated heterocycles. The van der Waals surface area contributed by atoms with E-state index in [0.717, 1.165) is 30.4 Å². The Labute approximate surface area is 102 Å². The minimum Gasteiger partial charge on any atom is -0.490 e. The highest BCUT2D eigenvalue weighted by atomic mass is 16.5. The molecular formula is C14H18N2O. The van der Waals surface area contributed by atoms with Crippen LogP contribution in [0.15, 0.2) is 18.3 Å². The van der Waals surface area contributed by atoms with Gasteiger partial charge in [0.2, 0.25) is 0 Å². The summed E-state index contributed by atoms with van der Waals surface area (Å²) in [5, 5.41) is 8.78. The molecule has 1 aromatic rings. The van der Waals surface area contributed by atoms with Crippen LogP contribution in [-0.2, 0) is 0 Å². The number of hydrogen-bond acceptors (Lipinski definition) is 3. The number of pyridine rings is 1. The van der Waals surface area contributed by atoms with Crippen molar-refractivity contribution in [3.8, 4) is 11.8 Å². The Bertz CT molecular complexity index is 414. The van der Waals surface area contributed by atoms with Crippen molar-refractivity contribution in [1.29, 1.82) is 5.26 Å². The minimum absolute atomic E-state index is 0.280. The summed E-state index contributed by atoms with van der Waals surface area (Å²) in [6.45, 7) is 4.55. The zero-order chi connectivity index (χ0) is 12.3. The van der Waals surface area contributed by atoms with Crippen molar-refractivity contribution < 1.29 is 4.74 Å². The van der Waals surface area contributed by atoms with Crippen LogP contribution in [-0.4, -0.2) is 11.1 Å². The highest BCUT2D eigenvalue weighted by Gasteiger charge is 2.25. The fourth-order valence-corrected chi connectivity index (χ4v) is 2.71. The minimum atomic E-state index is 0.280. The molecule has 90 valence electrons. The average Bonchev–Trinajstić information content (AvgIpc) is 2.28. The highest BCUT2D eigenvalue weighted by molar-refractivity contribution is 5.29. The fourth-order valence-electron chi connectivity index (χ4n) is 2.71. The third kappa shape index (κ3) is 3.20. The first kappa shape index (κ1) is 11.9. The quantitative estimate of drug-likeness (QED) is 0.784. The Balaban J connectivity index is 2.02. The summed E-state index contributed by atoms with van der Waals surface area (Å²) in [6, 6.07) is 5.57. The lowest BCUT2D eigenvalue weighted by molar-refractivity contribution is 0.101. The van der Waals surface area contributed by atoms with Crippen molar-refractivity contribution in [3.63, 3.8) is 0 Å². The first-order valence-corrected chi connectivity index (χ1v) is 6.20. The summed E-state index contributed by atoms with van der Waals surface area (Å²) in [5.74, 6) is 2.21. The number of ether oxygens (including phenoxy) is 1. The second-order valence-corrected chi connectivity index (χ2v) is 5.15. The van der Waals surface area contributed by atoms with E-state index in [2.05, 4.69) is 18.8 Å². The van der Waals surface area contributed by atoms with Gasteiger partial charge in [0, 0.05) is 12.3 Å². The van der Waals surface area contributed by atoms with Crippen LogP contribution in [0.2, 0.25) is 0 Å². The zero-order valence-corrected chi connectivity index (χ0v) is 10.4. The number of aromatic nitrogens is 1. The molecule has 17 heavy (non-hydrogen) atoms. The molecule has 0 aliphatic heterocycles. The Morgan fingerprint density at radius 3 is 2.65 bits per heavy atom. The predicted molar refractivity (Wildman–Crippen MR) is 65.5 cm³/mol. The Kier molecular flexibility index (Phi) is 3.63. The van der Waals surface area contributed by atoms with Crippen LogP contribution in [0, 0.1) is 23.2 Å². The Hall–Kier alpha value is -1.56. The smallest absolute Gasteiger partial charge is 0.144 e. The molecule has 1 heterocycles. The van der Waals surface area contributed by atoms with Crippen molar-refractivity contribution in [3.05, 3.63) is 24.0 Å². The third-order valence-electron chi connectivity index (χ3n) is 3.28. The van der Waals surface area contributed by atoms with E-state index in [1.54, 1.807) is 12.3 Å². The predicted octanol–water partition coefficient (Wildman–Crippen LogP) is 3.16. The molecule has 2 rings (SSSR count). The normalized spacial score (nSPS) is 28.4. The lowest BCUT2D eigenvalue weighted by Crippen LogP contribution is -2.28. The largest absolute Gasteiger partial charge is 0.490 e. The molecule has 2 unspecified atom stereocenters. The SMILES string of the molecule is CC1CC(C)CC(Oc2ccnc(C#N)c2)C1. The van der Waals surface area contributed by atoms with E-state index >= 15 is 0 Å². The Morgan fingerprint density at radius 2 is 2.00 bits per heavy atom. The van der Waals surface area contributed by atoms with Crippen LogP contribution in [0.25, 0.3) is 0 Å². The molecular weight excluding hydrogens is 212 g/mol. The van der Waals surface area contributed by atoms with Gasteiger partial charge in [0.1, 0.15) is 17.5 Å². The van der Waals surface area contributed by atoms with E-state index in [9.17, 15) is 0 Å². The fraction of sp³-hybridized carbons (Fsp3) is 0.571. The summed E-state index contributed by atoms with van der Waals surface area (Å²) in [4.78, 5) is 3.94. The molecule has 1 aliphatic carbocycles. The highest BCUT2D eigenvalue weighted by Crippen LogP contribution is 2.31. The molecule has 0 N–H and O–H groups in total. The van der Waals surface area contributed by atoms with Gasteiger partial charge in [-0.3, -0.25) is 0 Å². The van der Waals surface area contributed by atoms with Gasteiger partial charge in [-0.2, -0.15) is 5.26 Å². The second kappa shape index (κ2) is 5.18. The topological polar surface area (TPSA) is 45.9 Å². The summed E-state index contributed by atoms with van der Waals surface area (Å²) in [7, 11) is 0. The van der Waals surface area contributed by atoms with E-state index in [4.69, 9.17) is 10.00 Å². The lowest BCUT2D eigenvalue weighted by Gasteiger charge is -2.31. The monoisotopic (exact) mass is 230 g/mol. The molecule has 0 radical (unpaired) electrons. The average molecular weight is 230 g/mol. The number of hydrogen-bond donors (Lipinski definition) is 0. The van der Waals surface area contributed by atoms with Crippen LogP contribution in [0.4, 0.5) is 0 Å². The van der Waals surface area contributed by atoms with E-state index in [1.807, 2.05) is 12.1 Å². The van der Waals surface area contributed by atoms with Crippen LogP contribution in [0.5, 0.6) is 5.75 Å². The van der Waals surface area contributed by atoms with Crippen molar-refractivity contribution in [2.75, 3.05) is 0 Å². The number of nitrogens with zero attached hydrogens (tertiary/aromatic N) is 2. The molecule has 1 aromatic heterocycles. The van der Waals surface area contributed by atoms with Gasteiger partial charge in [0.25, 0.3) is 0 Å². The maximum Gasteiger partial charge on any atom is 0.144 e. The first-order chi connectivity index (χ1) is 8.17. The van der Waals surface area contributed by atoms with E-state index in [-0.39, 0.29) is 6.10 Å². The van der Waals surface area contributed by atoms with Crippen molar-refractivity contribution in [2.45, 2.75) is 39.2 Å². The van der Waals surface area contributed by atoms with Crippen molar-refractivity contribution in [1.82, 2.24) is 4.98 Å². The summed E-state index contributed by atoms with van der Waals surface area (Å²) in [5.41, 5.74) is 0.416. The van der Waals surface area contributed by atoms with Gasteiger partial charge < -0.3 is 4.74 Å². The first-order valence-electron chi connectivity index (χ1n) is 6.20. The van der Waals surface area contributed by atoms with Crippen LogP contribution >= 0.6 is 0 Å². The summed E-state index contributed by atoms with van der Waals surface area (Å²) < 4.78 is 5.95.